The van der Waals surface area contributed by atoms with E-state index in [1.165, 1.54) is 15.7 Å². The van der Waals surface area contributed by atoms with E-state index in [9.17, 15) is 13.2 Å². The van der Waals surface area contributed by atoms with Gasteiger partial charge in [0.05, 0.1) is 0 Å². The molecule has 5 nitrogen and oxygen atoms in total. The van der Waals surface area contributed by atoms with Gasteiger partial charge in [0.1, 0.15) is 23.8 Å². The van der Waals surface area contributed by atoms with Gasteiger partial charge < -0.3 is 4.90 Å². The summed E-state index contributed by atoms with van der Waals surface area (Å²) in [6.45, 7) is 0.603. The Morgan fingerprint density at radius 3 is 2.75 bits per heavy atom. The van der Waals surface area contributed by atoms with Crippen LogP contribution in [0.1, 0.15) is 18.4 Å². The molecule has 1 fully saturated rings. The van der Waals surface area contributed by atoms with E-state index in [4.69, 9.17) is 11.6 Å². The zero-order chi connectivity index (χ0) is 14.5. The highest BCUT2D eigenvalue weighted by atomic mass is 35.5. The Kier molecular flexibility index (Phi) is 3.00. The van der Waals surface area contributed by atoms with Gasteiger partial charge in [-0.25, -0.2) is 0 Å². The Labute approximate surface area is 117 Å². The van der Waals surface area contributed by atoms with Crippen LogP contribution in [0.25, 0.3) is 5.78 Å². The molecule has 0 spiro atoms. The lowest BCUT2D eigenvalue weighted by molar-refractivity contribution is -0.120. The molecule has 1 aliphatic rings. The van der Waals surface area contributed by atoms with Crippen LogP contribution < -0.4 is 4.90 Å². The molecule has 0 atom stereocenters. The Hall–Kier alpha value is -1.57. The van der Waals surface area contributed by atoms with Crippen molar-refractivity contribution < 1.29 is 13.2 Å². The number of fused-ring (bicyclic) bond motifs is 1. The summed E-state index contributed by atoms with van der Waals surface area (Å²) in [4.78, 5) is 9.19. The van der Waals surface area contributed by atoms with Gasteiger partial charge in [0.25, 0.3) is 5.78 Å². The number of anilines is 1. The maximum absolute atomic E-state index is 12.8. The Morgan fingerprint density at radius 1 is 1.45 bits per heavy atom. The van der Waals surface area contributed by atoms with Gasteiger partial charge in [-0.2, -0.15) is 32.8 Å². The molecular weight excluding hydrogens is 295 g/mol. The lowest BCUT2D eigenvalue weighted by atomic mass is 10.3. The van der Waals surface area contributed by atoms with E-state index in [2.05, 4.69) is 15.1 Å². The van der Waals surface area contributed by atoms with Crippen molar-refractivity contribution in [3.63, 3.8) is 0 Å². The highest BCUT2D eigenvalue weighted by Gasteiger charge is 2.40. The van der Waals surface area contributed by atoms with Crippen molar-refractivity contribution in [2.45, 2.75) is 32.0 Å². The molecule has 0 bridgehead atoms. The van der Waals surface area contributed by atoms with E-state index in [0.717, 1.165) is 12.8 Å². The van der Waals surface area contributed by atoms with Crippen molar-refractivity contribution in [2.75, 3.05) is 11.4 Å². The van der Waals surface area contributed by atoms with Crippen LogP contribution in [0.15, 0.2) is 6.33 Å². The number of rotatable bonds is 3. The molecule has 3 rings (SSSR count). The maximum Gasteiger partial charge on any atom is 0.405 e. The standard InChI is InChI=1S/C11H11ClF3N5/c1-6-8(12)18-10-16-5-17-20(10)9(6)19(7-2-3-7)4-11(13,14)15/h5,7H,2-4H2,1H3. The molecule has 0 saturated heterocycles. The predicted molar refractivity (Wildman–Crippen MR) is 67.0 cm³/mol. The Bertz CT molecular complexity index is 649. The summed E-state index contributed by atoms with van der Waals surface area (Å²) in [6, 6.07) is -0.138. The quantitative estimate of drug-likeness (QED) is 0.818. The monoisotopic (exact) mass is 305 g/mol. The van der Waals surface area contributed by atoms with Crippen LogP contribution in [0, 0.1) is 6.92 Å². The molecule has 0 unspecified atom stereocenters. The SMILES string of the molecule is Cc1c(Cl)nc2ncnn2c1N(CC(F)(F)F)C1CC1. The summed E-state index contributed by atoms with van der Waals surface area (Å²) in [5.74, 6) is 0.515. The minimum absolute atomic E-state index is 0.138. The van der Waals surface area contributed by atoms with Crippen LogP contribution in [0.2, 0.25) is 5.15 Å². The molecular formula is C11H11ClF3N5. The minimum Gasteiger partial charge on any atom is -0.344 e. The highest BCUT2D eigenvalue weighted by Crippen LogP contribution is 2.37. The van der Waals surface area contributed by atoms with Gasteiger partial charge in [-0.3, -0.25) is 0 Å². The van der Waals surface area contributed by atoms with E-state index >= 15 is 0 Å². The second-order valence-corrected chi connectivity index (χ2v) is 5.16. The first kappa shape index (κ1) is 13.4. The predicted octanol–water partition coefficient (Wildman–Crippen LogP) is 2.62. The summed E-state index contributed by atoms with van der Waals surface area (Å²) < 4.78 is 39.7. The number of aromatic nitrogens is 4. The van der Waals surface area contributed by atoms with Gasteiger partial charge in [-0.05, 0) is 19.8 Å². The molecule has 1 saturated carbocycles. The number of halogens is 4. The van der Waals surface area contributed by atoms with Gasteiger partial charge in [0.15, 0.2) is 0 Å². The molecule has 0 N–H and O–H groups in total. The van der Waals surface area contributed by atoms with Gasteiger partial charge in [0.2, 0.25) is 0 Å². The third-order valence-electron chi connectivity index (χ3n) is 3.18. The van der Waals surface area contributed by atoms with Crippen LogP contribution in [-0.4, -0.2) is 38.3 Å². The first-order valence-corrected chi connectivity index (χ1v) is 6.44. The van der Waals surface area contributed by atoms with E-state index in [1.54, 1.807) is 6.92 Å². The summed E-state index contributed by atoms with van der Waals surface area (Å²) >= 11 is 5.99. The van der Waals surface area contributed by atoms with Crippen LogP contribution in [0.3, 0.4) is 0 Å². The normalized spacial score (nSPS) is 15.8. The second kappa shape index (κ2) is 4.47. The summed E-state index contributed by atoms with van der Waals surface area (Å²) in [5.41, 5.74) is 0.473. The van der Waals surface area contributed by atoms with Crippen molar-refractivity contribution in [1.29, 1.82) is 0 Å². The zero-order valence-electron chi connectivity index (χ0n) is 10.5. The summed E-state index contributed by atoms with van der Waals surface area (Å²) in [7, 11) is 0. The summed E-state index contributed by atoms with van der Waals surface area (Å²) in [5, 5.41) is 4.10. The van der Waals surface area contributed by atoms with Crippen molar-refractivity contribution in [3.8, 4) is 0 Å². The third-order valence-corrected chi connectivity index (χ3v) is 3.55. The maximum atomic E-state index is 12.8. The lowest BCUT2D eigenvalue weighted by Crippen LogP contribution is -2.38. The molecule has 0 amide bonds. The highest BCUT2D eigenvalue weighted by molar-refractivity contribution is 6.30. The fourth-order valence-corrected chi connectivity index (χ4v) is 2.34. The Balaban J connectivity index is 2.14. The topological polar surface area (TPSA) is 46.3 Å². The van der Waals surface area contributed by atoms with E-state index in [0.29, 0.717) is 11.4 Å². The average Bonchev–Trinajstić information content (AvgIpc) is 3.08. The zero-order valence-corrected chi connectivity index (χ0v) is 11.3. The number of nitrogens with zero attached hydrogens (tertiary/aromatic N) is 5. The second-order valence-electron chi connectivity index (χ2n) is 4.80. The molecule has 1 aliphatic carbocycles. The first-order chi connectivity index (χ1) is 9.37. The fourth-order valence-electron chi connectivity index (χ4n) is 2.18. The fraction of sp³-hybridized carbons (Fsp3) is 0.545. The molecule has 2 aromatic heterocycles. The largest absolute Gasteiger partial charge is 0.405 e. The van der Waals surface area contributed by atoms with Crippen LogP contribution in [0.5, 0.6) is 0 Å². The first-order valence-electron chi connectivity index (χ1n) is 6.06. The van der Waals surface area contributed by atoms with E-state index in [1.807, 2.05) is 0 Å². The molecule has 0 radical (unpaired) electrons. The smallest absolute Gasteiger partial charge is 0.344 e. The van der Waals surface area contributed by atoms with Crippen molar-refractivity contribution >= 4 is 23.2 Å². The van der Waals surface area contributed by atoms with Crippen LogP contribution in [0.4, 0.5) is 19.0 Å². The van der Waals surface area contributed by atoms with Crippen molar-refractivity contribution in [3.05, 3.63) is 17.0 Å². The van der Waals surface area contributed by atoms with Crippen LogP contribution in [-0.2, 0) is 0 Å². The van der Waals surface area contributed by atoms with Gasteiger partial charge in [-0.15, -0.1) is 0 Å². The van der Waals surface area contributed by atoms with Gasteiger partial charge >= 0.3 is 6.18 Å². The van der Waals surface area contributed by atoms with Crippen molar-refractivity contribution in [1.82, 2.24) is 19.6 Å². The van der Waals surface area contributed by atoms with Gasteiger partial charge in [0, 0.05) is 11.6 Å². The number of hydrogen-bond acceptors (Lipinski definition) is 4. The molecule has 2 heterocycles. The molecule has 20 heavy (non-hydrogen) atoms. The molecule has 2 aromatic rings. The number of hydrogen-bond donors (Lipinski definition) is 0. The van der Waals surface area contributed by atoms with E-state index in [-0.39, 0.29) is 17.0 Å². The summed E-state index contributed by atoms with van der Waals surface area (Å²) in [6.07, 6.45) is -1.59. The lowest BCUT2D eigenvalue weighted by Gasteiger charge is -2.27. The molecule has 9 heteroatoms. The molecule has 108 valence electrons. The third kappa shape index (κ3) is 2.39. The minimum atomic E-state index is -4.29. The number of alkyl halides is 3. The molecule has 0 aliphatic heterocycles. The van der Waals surface area contributed by atoms with Crippen molar-refractivity contribution in [2.24, 2.45) is 0 Å². The van der Waals surface area contributed by atoms with Gasteiger partial charge in [-0.1, -0.05) is 11.6 Å². The average molecular weight is 306 g/mol. The van der Waals surface area contributed by atoms with E-state index < -0.39 is 12.7 Å². The Morgan fingerprint density at radius 2 is 2.15 bits per heavy atom. The molecule has 0 aromatic carbocycles. The van der Waals surface area contributed by atoms with Crippen LogP contribution >= 0.6 is 11.6 Å².